The number of para-hydroxylation sites is 2. The first-order chi connectivity index (χ1) is 23.5. The fraction of sp³-hybridized carbons (Fsp3) is 0.306. The normalized spacial score (nSPS) is 20.0. The molecule has 6 rings (SSSR count). The molecule has 1 aliphatic carbocycles. The van der Waals surface area contributed by atoms with E-state index in [0.717, 1.165) is 19.1 Å². The average Bonchev–Trinajstić information content (AvgIpc) is 3.61. The summed E-state index contributed by atoms with van der Waals surface area (Å²) in [6, 6.07) is 24.7. The maximum absolute atomic E-state index is 14.2. The highest BCUT2D eigenvalue weighted by atomic mass is 32.2. The van der Waals surface area contributed by atoms with E-state index >= 15 is 0 Å². The van der Waals surface area contributed by atoms with Crippen LogP contribution in [0.15, 0.2) is 84.9 Å². The van der Waals surface area contributed by atoms with Crippen molar-refractivity contribution in [1.29, 1.82) is 0 Å². The number of amides is 1. The number of fused-ring (bicyclic) bond motifs is 1. The number of carbonyl (C=O) groups excluding carboxylic acids is 1. The zero-order valence-corrected chi connectivity index (χ0v) is 28.4. The second-order valence-corrected chi connectivity index (χ2v) is 14.6. The van der Waals surface area contributed by atoms with Gasteiger partial charge in [0.15, 0.2) is 11.5 Å². The maximum Gasteiger partial charge on any atom is 0.424 e. The molecule has 1 aliphatic rings. The first kappa shape index (κ1) is 33.7. The Hall–Kier alpha value is -5.16. The molecule has 49 heavy (non-hydrogen) atoms. The Kier molecular flexibility index (Phi) is 9.47. The van der Waals surface area contributed by atoms with Crippen LogP contribution in [0.3, 0.4) is 0 Å². The molecule has 2 aromatic heterocycles. The number of H-pyrrole nitrogens is 1. The summed E-state index contributed by atoms with van der Waals surface area (Å²) in [5.41, 5.74) is 2.44. The van der Waals surface area contributed by atoms with Crippen LogP contribution in [-0.2, 0) is 14.9 Å². The molecule has 0 aliphatic heterocycles. The average molecular weight is 683 g/mol. The first-order valence-electron chi connectivity index (χ1n) is 16.0. The number of carbonyl (C=O) groups is 1. The molecule has 1 amide bonds. The number of ether oxygens (including phenoxy) is 1. The lowest BCUT2D eigenvalue weighted by Gasteiger charge is -2.41. The van der Waals surface area contributed by atoms with Crippen molar-refractivity contribution in [3.05, 3.63) is 102 Å². The molecule has 13 heteroatoms. The van der Waals surface area contributed by atoms with Gasteiger partial charge in [-0.15, -0.1) is 0 Å². The Bertz CT molecular complexity index is 2060. The van der Waals surface area contributed by atoms with Gasteiger partial charge in [-0.2, -0.15) is 0 Å². The van der Waals surface area contributed by atoms with Crippen molar-refractivity contribution in [2.75, 3.05) is 15.9 Å². The third-order valence-electron chi connectivity index (χ3n) is 9.11. The lowest BCUT2D eigenvalue weighted by atomic mass is 9.66. The smallest absolute Gasteiger partial charge is 0.401 e. The van der Waals surface area contributed by atoms with Gasteiger partial charge in [0.1, 0.15) is 6.10 Å². The van der Waals surface area contributed by atoms with Crippen LogP contribution in [0.2, 0.25) is 0 Å². The van der Waals surface area contributed by atoms with Crippen molar-refractivity contribution in [2.45, 2.75) is 39.7 Å². The lowest BCUT2D eigenvalue weighted by Crippen LogP contribution is -2.34. The van der Waals surface area contributed by atoms with Crippen LogP contribution in [-0.4, -0.2) is 40.6 Å². The molecular formula is C36H38N6O6S. The number of benzene rings is 3. The van der Waals surface area contributed by atoms with Crippen molar-refractivity contribution in [3.63, 3.8) is 0 Å². The van der Waals surface area contributed by atoms with Gasteiger partial charge in [0.05, 0.1) is 24.2 Å². The van der Waals surface area contributed by atoms with E-state index in [9.17, 15) is 18.5 Å². The first-order valence-corrected chi connectivity index (χ1v) is 17.9. The van der Waals surface area contributed by atoms with Gasteiger partial charge in [0, 0.05) is 16.8 Å². The van der Waals surface area contributed by atoms with Crippen LogP contribution in [0.1, 0.15) is 45.3 Å². The minimum Gasteiger partial charge on any atom is -0.401 e. The SMILES string of the molecule is [C-]#[N+]c1c(C(OO)C2C(C)CC(C)CC2C)c2nc(-c3cccc(NS(C)(=O)=O)c3)[nH]n2c1OC(=O)N(c1ccccc1)c1ccccc1. The van der Waals surface area contributed by atoms with Crippen LogP contribution in [0.4, 0.5) is 27.5 Å². The summed E-state index contributed by atoms with van der Waals surface area (Å²) in [6.07, 6.45) is 1.15. The number of anilines is 3. The quantitative estimate of drug-likeness (QED) is 0.0804. The van der Waals surface area contributed by atoms with Gasteiger partial charge >= 0.3 is 6.09 Å². The summed E-state index contributed by atoms with van der Waals surface area (Å²) in [5, 5.41) is 13.7. The van der Waals surface area contributed by atoms with Crippen molar-refractivity contribution in [3.8, 4) is 17.3 Å². The van der Waals surface area contributed by atoms with E-state index < -0.39 is 22.2 Å². The van der Waals surface area contributed by atoms with E-state index in [1.54, 1.807) is 72.8 Å². The molecule has 3 N–H and O–H groups in total. The maximum atomic E-state index is 14.2. The van der Waals surface area contributed by atoms with Gasteiger partial charge in [-0.3, -0.25) is 15.1 Å². The molecule has 0 bridgehead atoms. The molecule has 0 spiro atoms. The summed E-state index contributed by atoms with van der Waals surface area (Å²) in [4.78, 5) is 29.5. The number of aromatic amines is 1. The standard InChI is InChI=1S/C36H38N6O6S/c1-22-19-23(2)29(24(3)20-22)32(48-44)30-31(37-4)35(47-36(43)41(27-15-8-6-9-16-27)28-17-10-7-11-18-28)42-34(30)38-33(39-42)25-13-12-14-26(21-25)40-49(5,45)46/h6-18,21-24,29,32,40,44H,19-20H2,1-3,5H3,(H,38,39). The third-order valence-corrected chi connectivity index (χ3v) is 9.71. The van der Waals surface area contributed by atoms with Gasteiger partial charge < -0.3 is 4.74 Å². The third kappa shape index (κ3) is 6.89. The molecule has 12 nitrogen and oxygen atoms in total. The second-order valence-electron chi connectivity index (χ2n) is 12.9. The molecule has 3 aromatic carbocycles. The fourth-order valence-electron chi connectivity index (χ4n) is 7.33. The molecule has 5 aromatic rings. The number of hydrogen-bond donors (Lipinski definition) is 3. The van der Waals surface area contributed by atoms with Gasteiger partial charge in [-0.25, -0.2) is 37.3 Å². The van der Waals surface area contributed by atoms with Gasteiger partial charge in [0.25, 0.3) is 5.69 Å². The number of sulfonamides is 1. The Balaban J connectivity index is 1.52. The van der Waals surface area contributed by atoms with Gasteiger partial charge in [-0.05, 0) is 72.9 Å². The predicted molar refractivity (Wildman–Crippen MR) is 187 cm³/mol. The fourth-order valence-corrected chi connectivity index (χ4v) is 7.88. The lowest BCUT2D eigenvalue weighted by molar-refractivity contribution is -0.302. The van der Waals surface area contributed by atoms with Crippen molar-refractivity contribution < 1.29 is 28.1 Å². The second kappa shape index (κ2) is 13.8. The molecule has 1 saturated carbocycles. The zero-order chi connectivity index (χ0) is 34.9. The van der Waals surface area contributed by atoms with E-state index in [4.69, 9.17) is 21.2 Å². The van der Waals surface area contributed by atoms with E-state index in [1.165, 1.54) is 9.42 Å². The summed E-state index contributed by atoms with van der Waals surface area (Å²) in [7, 11) is -3.55. The summed E-state index contributed by atoms with van der Waals surface area (Å²) >= 11 is 0. The number of rotatable bonds is 9. The summed E-state index contributed by atoms with van der Waals surface area (Å²) < 4.78 is 33.9. The Morgan fingerprint density at radius 2 is 1.63 bits per heavy atom. The summed E-state index contributed by atoms with van der Waals surface area (Å²) in [5.74, 6) is 0.763. The van der Waals surface area contributed by atoms with Crippen LogP contribution >= 0.6 is 0 Å². The molecule has 3 unspecified atom stereocenters. The van der Waals surface area contributed by atoms with Crippen LogP contribution in [0, 0.1) is 30.2 Å². The predicted octanol–water partition coefficient (Wildman–Crippen LogP) is 8.44. The number of hydrogen-bond acceptors (Lipinski definition) is 7. The number of aromatic nitrogens is 3. The highest BCUT2D eigenvalue weighted by Gasteiger charge is 2.43. The molecule has 3 atom stereocenters. The molecule has 0 saturated heterocycles. The molecular weight excluding hydrogens is 644 g/mol. The molecule has 254 valence electrons. The molecule has 2 heterocycles. The van der Waals surface area contributed by atoms with Crippen molar-refractivity contribution in [2.24, 2.45) is 23.7 Å². The monoisotopic (exact) mass is 682 g/mol. The Labute approximate surface area is 285 Å². The summed E-state index contributed by atoms with van der Waals surface area (Å²) in [6.45, 7) is 14.7. The minimum atomic E-state index is -3.55. The van der Waals surface area contributed by atoms with Gasteiger partial charge in [0.2, 0.25) is 15.9 Å². The Morgan fingerprint density at radius 1 is 1.02 bits per heavy atom. The highest BCUT2D eigenvalue weighted by molar-refractivity contribution is 7.92. The minimum absolute atomic E-state index is 0.0238. The van der Waals surface area contributed by atoms with E-state index in [2.05, 4.69) is 35.4 Å². The van der Waals surface area contributed by atoms with Crippen LogP contribution in [0.25, 0.3) is 21.9 Å². The zero-order valence-electron chi connectivity index (χ0n) is 27.6. The van der Waals surface area contributed by atoms with Crippen molar-refractivity contribution in [1.82, 2.24) is 14.6 Å². The van der Waals surface area contributed by atoms with E-state index in [0.29, 0.717) is 34.4 Å². The highest BCUT2D eigenvalue weighted by Crippen LogP contribution is 2.51. The largest absolute Gasteiger partial charge is 0.424 e. The van der Waals surface area contributed by atoms with Gasteiger partial charge in [-0.1, -0.05) is 69.3 Å². The Morgan fingerprint density at radius 3 is 2.18 bits per heavy atom. The van der Waals surface area contributed by atoms with Crippen LogP contribution < -0.4 is 14.4 Å². The molecule has 0 radical (unpaired) electrons. The van der Waals surface area contributed by atoms with E-state index in [-0.39, 0.29) is 40.5 Å². The topological polar surface area (TPSA) is 143 Å². The number of nitrogens with zero attached hydrogens (tertiary/aromatic N) is 4. The molecule has 1 fully saturated rings. The van der Waals surface area contributed by atoms with Crippen LogP contribution in [0.5, 0.6) is 5.88 Å². The van der Waals surface area contributed by atoms with Crippen molar-refractivity contribution >= 4 is 44.5 Å². The van der Waals surface area contributed by atoms with E-state index in [1.807, 2.05) is 12.1 Å². The number of nitrogens with one attached hydrogen (secondary N) is 2.